The molecule has 4 aromatic rings. The maximum absolute atomic E-state index is 14.4. The summed E-state index contributed by atoms with van der Waals surface area (Å²) in [6, 6.07) is 5.87. The molecule has 0 aliphatic carbocycles. The number of alkyl halides is 5. The van der Waals surface area contributed by atoms with Gasteiger partial charge in [0.2, 0.25) is 0 Å². The SMILES string of the molecule is Cn1ncc(Br)c1CNC(=O)c1cc2nc(-c3ccc(F)cc3)cc(C(F)(F)C(F)(F)F)n2n1. The molecule has 0 aliphatic rings. The number of nitrogens with one attached hydrogen (secondary N) is 1. The number of fused-ring (bicyclic) bond motifs is 1. The molecule has 34 heavy (non-hydrogen) atoms. The third-order valence-electron chi connectivity index (χ3n) is 4.90. The van der Waals surface area contributed by atoms with Crippen LogP contribution in [0.2, 0.25) is 0 Å². The van der Waals surface area contributed by atoms with E-state index in [-0.39, 0.29) is 22.3 Å². The number of aromatic nitrogens is 5. The van der Waals surface area contributed by atoms with Gasteiger partial charge in [-0.3, -0.25) is 9.48 Å². The van der Waals surface area contributed by atoms with Crippen molar-refractivity contribution in [1.29, 1.82) is 0 Å². The summed E-state index contributed by atoms with van der Waals surface area (Å²) in [5.74, 6) is -6.78. The predicted molar refractivity (Wildman–Crippen MR) is 110 cm³/mol. The van der Waals surface area contributed by atoms with Crippen molar-refractivity contribution in [1.82, 2.24) is 29.7 Å². The number of aryl methyl sites for hydroxylation is 1. The number of halogens is 7. The lowest BCUT2D eigenvalue weighted by Gasteiger charge is -2.21. The van der Waals surface area contributed by atoms with Gasteiger partial charge in [0.15, 0.2) is 11.3 Å². The van der Waals surface area contributed by atoms with E-state index in [2.05, 4.69) is 36.4 Å². The molecule has 178 valence electrons. The van der Waals surface area contributed by atoms with Gasteiger partial charge in [0.25, 0.3) is 5.91 Å². The van der Waals surface area contributed by atoms with Gasteiger partial charge < -0.3 is 5.32 Å². The largest absolute Gasteiger partial charge is 0.459 e. The van der Waals surface area contributed by atoms with Gasteiger partial charge >= 0.3 is 12.1 Å². The summed E-state index contributed by atoms with van der Waals surface area (Å²) in [7, 11) is 1.63. The lowest BCUT2D eigenvalue weighted by molar-refractivity contribution is -0.291. The lowest BCUT2D eigenvalue weighted by Crippen LogP contribution is -2.36. The van der Waals surface area contributed by atoms with Crippen molar-refractivity contribution in [3.05, 3.63) is 70.0 Å². The van der Waals surface area contributed by atoms with E-state index in [0.717, 1.165) is 18.2 Å². The monoisotopic (exact) mass is 546 g/mol. The van der Waals surface area contributed by atoms with Gasteiger partial charge in [-0.1, -0.05) is 0 Å². The Balaban J connectivity index is 1.78. The van der Waals surface area contributed by atoms with E-state index in [1.54, 1.807) is 7.05 Å². The van der Waals surface area contributed by atoms with E-state index in [1.807, 2.05) is 0 Å². The third-order valence-corrected chi connectivity index (χ3v) is 5.57. The van der Waals surface area contributed by atoms with Crippen LogP contribution < -0.4 is 5.32 Å². The quantitative estimate of drug-likeness (QED) is 0.371. The molecular weight excluding hydrogens is 534 g/mol. The van der Waals surface area contributed by atoms with Crippen LogP contribution in [0.25, 0.3) is 16.9 Å². The molecule has 1 amide bonds. The highest BCUT2D eigenvalue weighted by Gasteiger charge is 2.60. The zero-order chi connectivity index (χ0) is 24.8. The maximum atomic E-state index is 14.4. The average Bonchev–Trinajstić information content (AvgIpc) is 3.34. The van der Waals surface area contributed by atoms with Crippen LogP contribution in [0.1, 0.15) is 21.9 Å². The van der Waals surface area contributed by atoms with E-state index in [4.69, 9.17) is 0 Å². The number of amides is 1. The Morgan fingerprint density at radius 3 is 2.38 bits per heavy atom. The summed E-state index contributed by atoms with van der Waals surface area (Å²) in [5, 5.41) is 10.1. The molecular formula is C20H13BrF6N6O. The molecule has 0 spiro atoms. The van der Waals surface area contributed by atoms with Crippen LogP contribution in [-0.4, -0.2) is 36.5 Å². The molecule has 7 nitrogen and oxygen atoms in total. The lowest BCUT2D eigenvalue weighted by atomic mass is 10.1. The normalized spacial score (nSPS) is 12.4. The Hall–Kier alpha value is -3.42. The first kappa shape index (κ1) is 23.7. The number of hydrogen-bond acceptors (Lipinski definition) is 4. The molecule has 4 rings (SSSR count). The summed E-state index contributed by atoms with van der Waals surface area (Å²) in [5.41, 5.74) is -2.00. The summed E-state index contributed by atoms with van der Waals surface area (Å²) in [6.07, 6.45) is -4.44. The molecule has 0 saturated carbocycles. The molecule has 0 saturated heterocycles. The van der Waals surface area contributed by atoms with E-state index >= 15 is 0 Å². The molecule has 3 aromatic heterocycles. The molecule has 1 N–H and O–H groups in total. The maximum Gasteiger partial charge on any atom is 0.459 e. The molecule has 3 heterocycles. The van der Waals surface area contributed by atoms with Gasteiger partial charge in [0.05, 0.1) is 28.6 Å². The number of hydrogen-bond donors (Lipinski definition) is 1. The van der Waals surface area contributed by atoms with Crippen molar-refractivity contribution >= 4 is 27.5 Å². The van der Waals surface area contributed by atoms with Crippen molar-refractivity contribution in [3.63, 3.8) is 0 Å². The summed E-state index contributed by atoms with van der Waals surface area (Å²) in [4.78, 5) is 16.6. The van der Waals surface area contributed by atoms with Crippen molar-refractivity contribution in [2.45, 2.75) is 18.6 Å². The van der Waals surface area contributed by atoms with Crippen molar-refractivity contribution < 1.29 is 31.1 Å². The van der Waals surface area contributed by atoms with Gasteiger partial charge in [-0.2, -0.15) is 32.1 Å². The topological polar surface area (TPSA) is 77.1 Å². The smallest absolute Gasteiger partial charge is 0.345 e. The number of carbonyl (C=O) groups excluding carboxylic acids is 1. The zero-order valence-corrected chi connectivity index (χ0v) is 18.6. The summed E-state index contributed by atoms with van der Waals surface area (Å²) >= 11 is 3.26. The van der Waals surface area contributed by atoms with Crippen LogP contribution in [0.3, 0.4) is 0 Å². The van der Waals surface area contributed by atoms with E-state index < -0.39 is 40.9 Å². The van der Waals surface area contributed by atoms with Gasteiger partial charge in [-0.05, 0) is 46.3 Å². The van der Waals surface area contributed by atoms with Gasteiger partial charge in [0.1, 0.15) is 11.5 Å². The van der Waals surface area contributed by atoms with Crippen LogP contribution in [0.4, 0.5) is 26.3 Å². The first-order chi connectivity index (χ1) is 15.9. The fourth-order valence-corrected chi connectivity index (χ4v) is 3.60. The summed E-state index contributed by atoms with van der Waals surface area (Å²) < 4.78 is 84.0. The minimum atomic E-state index is -5.94. The number of carbonyl (C=O) groups is 1. The highest BCUT2D eigenvalue weighted by atomic mass is 79.9. The molecule has 0 atom stereocenters. The molecule has 0 bridgehead atoms. The van der Waals surface area contributed by atoms with Gasteiger partial charge in [-0.25, -0.2) is 13.9 Å². The Labute approximate surface area is 195 Å². The van der Waals surface area contributed by atoms with Gasteiger partial charge in [-0.15, -0.1) is 0 Å². The van der Waals surface area contributed by atoms with Crippen LogP contribution in [0, 0.1) is 5.82 Å². The Bertz CT molecular complexity index is 1360. The van der Waals surface area contributed by atoms with E-state index in [9.17, 15) is 31.1 Å². The van der Waals surface area contributed by atoms with Crippen LogP contribution in [0.15, 0.2) is 47.1 Å². The highest BCUT2D eigenvalue weighted by molar-refractivity contribution is 9.10. The Kier molecular flexibility index (Phi) is 5.87. The second kappa shape index (κ2) is 8.42. The Morgan fingerprint density at radius 1 is 1.12 bits per heavy atom. The van der Waals surface area contributed by atoms with E-state index in [1.165, 1.54) is 23.0 Å². The standard InChI is InChI=1S/C20H13BrF6N6O/c1-32-15(12(21)8-29-32)9-28-18(34)14-7-17-30-13(10-2-4-11(22)5-3-10)6-16(33(17)31-14)19(23,24)20(25,26)27/h2-8H,9H2,1H3,(H,28,34). The first-order valence-electron chi connectivity index (χ1n) is 9.45. The highest BCUT2D eigenvalue weighted by Crippen LogP contribution is 2.44. The molecule has 0 radical (unpaired) electrons. The fraction of sp³-hybridized carbons (Fsp3) is 0.200. The molecule has 1 aromatic carbocycles. The van der Waals surface area contributed by atoms with Crippen molar-refractivity contribution in [2.75, 3.05) is 0 Å². The van der Waals surface area contributed by atoms with Crippen LogP contribution in [0.5, 0.6) is 0 Å². The zero-order valence-electron chi connectivity index (χ0n) is 17.0. The molecule has 14 heteroatoms. The number of nitrogens with zero attached hydrogens (tertiary/aromatic N) is 5. The fourth-order valence-electron chi connectivity index (χ4n) is 3.11. The molecule has 0 fully saturated rings. The first-order valence-corrected chi connectivity index (χ1v) is 10.2. The predicted octanol–water partition coefficient (Wildman–Crippen LogP) is 4.62. The number of benzene rings is 1. The minimum Gasteiger partial charge on any atom is -0.345 e. The summed E-state index contributed by atoms with van der Waals surface area (Å²) in [6.45, 7) is -0.0242. The average molecular weight is 547 g/mol. The third kappa shape index (κ3) is 4.24. The van der Waals surface area contributed by atoms with Crippen LogP contribution in [-0.2, 0) is 19.5 Å². The van der Waals surface area contributed by atoms with Crippen molar-refractivity contribution in [3.8, 4) is 11.3 Å². The minimum absolute atomic E-state index is 0.0242. The second-order valence-corrected chi connectivity index (χ2v) is 8.01. The molecule has 0 unspecified atom stereocenters. The number of rotatable bonds is 5. The Morgan fingerprint density at radius 2 is 1.79 bits per heavy atom. The van der Waals surface area contributed by atoms with Crippen molar-refractivity contribution in [2.24, 2.45) is 7.05 Å². The molecule has 0 aliphatic heterocycles. The van der Waals surface area contributed by atoms with Gasteiger partial charge in [0, 0.05) is 18.7 Å². The van der Waals surface area contributed by atoms with Crippen LogP contribution >= 0.6 is 15.9 Å². The van der Waals surface area contributed by atoms with E-state index in [0.29, 0.717) is 16.2 Å². The second-order valence-electron chi connectivity index (χ2n) is 7.15.